The second kappa shape index (κ2) is 3.98. The molecule has 9 nitrogen and oxygen atoms in total. The van der Waals surface area contributed by atoms with Crippen molar-refractivity contribution in [3.05, 3.63) is 43.5 Å². The maximum atomic E-state index is 11.6. The number of hydrogen-bond donors (Lipinski definition) is 1. The van der Waals surface area contributed by atoms with Crippen molar-refractivity contribution in [2.45, 2.75) is 24.5 Å². The average molecular weight is 251 g/mol. The lowest BCUT2D eigenvalue weighted by Crippen LogP contribution is -2.34. The summed E-state index contributed by atoms with van der Waals surface area (Å²) < 4.78 is 12.2. The molecule has 9 heteroatoms. The Morgan fingerprint density at radius 3 is 3.00 bits per heavy atom. The zero-order valence-electron chi connectivity index (χ0n) is 9.09. The molecule has 0 aromatic carbocycles. The number of epoxide rings is 1. The van der Waals surface area contributed by atoms with Crippen LogP contribution in [0.1, 0.15) is 6.23 Å². The Morgan fingerprint density at radius 1 is 1.44 bits per heavy atom. The van der Waals surface area contributed by atoms with Crippen LogP contribution in [0.15, 0.2) is 27.0 Å². The van der Waals surface area contributed by atoms with E-state index in [4.69, 9.17) is 15.0 Å². The molecule has 18 heavy (non-hydrogen) atoms. The number of aromatic amines is 1. The number of ether oxygens (including phenoxy) is 2. The molecule has 0 aliphatic carbocycles. The number of H-pyrrole nitrogens is 1. The summed E-state index contributed by atoms with van der Waals surface area (Å²) in [6, 6.07) is 1.24. The van der Waals surface area contributed by atoms with Crippen molar-refractivity contribution in [2.75, 3.05) is 6.54 Å². The largest absolute Gasteiger partial charge is 0.362 e. The second-order valence-corrected chi connectivity index (χ2v) is 4.06. The molecule has 0 bridgehead atoms. The first-order valence-corrected chi connectivity index (χ1v) is 5.34. The molecule has 1 aromatic rings. The van der Waals surface area contributed by atoms with Crippen molar-refractivity contribution in [3.8, 4) is 0 Å². The molecule has 3 heterocycles. The van der Waals surface area contributed by atoms with Gasteiger partial charge < -0.3 is 9.47 Å². The summed E-state index contributed by atoms with van der Waals surface area (Å²) in [4.78, 5) is 27.4. The molecular formula is C9H9N5O4. The topological polar surface area (TPSA) is 125 Å². The van der Waals surface area contributed by atoms with Crippen LogP contribution in [0.25, 0.3) is 10.4 Å². The maximum absolute atomic E-state index is 11.6. The van der Waals surface area contributed by atoms with Crippen molar-refractivity contribution in [2.24, 2.45) is 5.11 Å². The van der Waals surface area contributed by atoms with Gasteiger partial charge in [0.2, 0.25) is 0 Å². The predicted octanol–water partition coefficient (Wildman–Crippen LogP) is -0.488. The van der Waals surface area contributed by atoms with E-state index < -0.39 is 17.5 Å². The van der Waals surface area contributed by atoms with Gasteiger partial charge in [-0.3, -0.25) is 14.3 Å². The van der Waals surface area contributed by atoms with Crippen LogP contribution in [0.3, 0.4) is 0 Å². The van der Waals surface area contributed by atoms with E-state index in [1.165, 1.54) is 16.8 Å². The lowest BCUT2D eigenvalue weighted by atomic mass is 10.2. The summed E-state index contributed by atoms with van der Waals surface area (Å²) in [6.45, 7) is 0.159. The minimum absolute atomic E-state index is 0.153. The maximum Gasteiger partial charge on any atom is 0.330 e. The first kappa shape index (κ1) is 11.0. The van der Waals surface area contributed by atoms with E-state index in [2.05, 4.69) is 15.0 Å². The molecule has 0 unspecified atom stereocenters. The predicted molar refractivity (Wildman–Crippen MR) is 57.9 cm³/mol. The molecule has 2 fully saturated rings. The summed E-state index contributed by atoms with van der Waals surface area (Å²) >= 11 is 0. The van der Waals surface area contributed by atoms with Gasteiger partial charge in [-0.25, -0.2) is 4.79 Å². The summed E-state index contributed by atoms with van der Waals surface area (Å²) in [7, 11) is 0. The highest BCUT2D eigenvalue weighted by Crippen LogP contribution is 2.44. The first-order chi connectivity index (χ1) is 8.70. The lowest BCUT2D eigenvalue weighted by molar-refractivity contribution is -0.0644. The number of azide groups is 1. The van der Waals surface area contributed by atoms with E-state index in [0.717, 1.165) is 0 Å². The Balaban J connectivity index is 1.85. The molecule has 1 N–H and O–H groups in total. The van der Waals surface area contributed by atoms with Crippen molar-refractivity contribution in [1.29, 1.82) is 0 Å². The van der Waals surface area contributed by atoms with Gasteiger partial charge in [-0.05, 0) is 5.53 Å². The molecule has 0 spiro atoms. The van der Waals surface area contributed by atoms with Crippen LogP contribution in [0, 0.1) is 0 Å². The van der Waals surface area contributed by atoms with Crippen molar-refractivity contribution >= 4 is 0 Å². The van der Waals surface area contributed by atoms with E-state index in [9.17, 15) is 9.59 Å². The number of nitrogens with one attached hydrogen (secondary N) is 1. The molecule has 2 aliphatic rings. The van der Waals surface area contributed by atoms with Crippen LogP contribution in [-0.2, 0) is 9.47 Å². The van der Waals surface area contributed by atoms with Gasteiger partial charge >= 0.3 is 5.69 Å². The van der Waals surface area contributed by atoms with Crippen molar-refractivity contribution < 1.29 is 9.47 Å². The lowest BCUT2D eigenvalue weighted by Gasteiger charge is -2.17. The van der Waals surface area contributed by atoms with Crippen LogP contribution in [-0.4, -0.2) is 34.4 Å². The molecule has 2 saturated heterocycles. The molecule has 1 aromatic heterocycles. The summed E-state index contributed by atoms with van der Waals surface area (Å²) in [5.41, 5.74) is 7.24. The number of fused-ring (bicyclic) bond motifs is 1. The summed E-state index contributed by atoms with van der Waals surface area (Å²) in [5.74, 6) is 0. The minimum atomic E-state index is -0.585. The van der Waals surface area contributed by atoms with Crippen LogP contribution >= 0.6 is 0 Å². The van der Waals surface area contributed by atoms with Crippen LogP contribution in [0.4, 0.5) is 0 Å². The number of hydrogen-bond acceptors (Lipinski definition) is 5. The van der Waals surface area contributed by atoms with Gasteiger partial charge in [-0.15, -0.1) is 0 Å². The van der Waals surface area contributed by atoms with Gasteiger partial charge in [0.1, 0.15) is 12.2 Å². The van der Waals surface area contributed by atoms with Crippen LogP contribution < -0.4 is 11.2 Å². The third-order valence-electron chi connectivity index (χ3n) is 2.97. The zero-order chi connectivity index (χ0) is 12.7. The van der Waals surface area contributed by atoms with Gasteiger partial charge in [-0.1, -0.05) is 5.11 Å². The molecule has 3 rings (SSSR count). The monoisotopic (exact) mass is 251 g/mol. The first-order valence-electron chi connectivity index (χ1n) is 5.34. The number of nitrogens with zero attached hydrogens (tertiary/aromatic N) is 4. The van der Waals surface area contributed by atoms with Gasteiger partial charge in [0, 0.05) is 17.2 Å². The average Bonchev–Trinajstić information content (AvgIpc) is 3.05. The van der Waals surface area contributed by atoms with Gasteiger partial charge in [-0.2, -0.15) is 0 Å². The zero-order valence-corrected chi connectivity index (χ0v) is 9.09. The van der Waals surface area contributed by atoms with E-state index in [1.807, 2.05) is 0 Å². The third kappa shape index (κ3) is 1.70. The van der Waals surface area contributed by atoms with Gasteiger partial charge in [0.15, 0.2) is 6.23 Å². The highest BCUT2D eigenvalue weighted by Gasteiger charge is 2.58. The van der Waals surface area contributed by atoms with Crippen LogP contribution in [0.5, 0.6) is 0 Å². The van der Waals surface area contributed by atoms with Gasteiger partial charge in [0.25, 0.3) is 5.56 Å². The van der Waals surface area contributed by atoms with Crippen molar-refractivity contribution in [1.82, 2.24) is 9.55 Å². The minimum Gasteiger partial charge on any atom is -0.362 e. The highest BCUT2D eigenvalue weighted by molar-refractivity contribution is 5.03. The fourth-order valence-corrected chi connectivity index (χ4v) is 2.11. The number of rotatable bonds is 3. The third-order valence-corrected chi connectivity index (χ3v) is 2.97. The van der Waals surface area contributed by atoms with E-state index in [-0.39, 0.29) is 24.9 Å². The second-order valence-electron chi connectivity index (χ2n) is 4.06. The van der Waals surface area contributed by atoms with E-state index in [0.29, 0.717) is 0 Å². The molecule has 0 saturated carbocycles. The normalized spacial score (nSPS) is 32.7. The Hall–Kier alpha value is -2.09. The van der Waals surface area contributed by atoms with Crippen molar-refractivity contribution in [3.63, 3.8) is 0 Å². The fourth-order valence-electron chi connectivity index (χ4n) is 2.11. The van der Waals surface area contributed by atoms with E-state index in [1.54, 1.807) is 0 Å². The Bertz CT molecular complexity index is 630. The molecule has 94 valence electrons. The molecular weight excluding hydrogens is 242 g/mol. The molecule has 2 aliphatic heterocycles. The highest BCUT2D eigenvalue weighted by atomic mass is 16.7. The smallest absolute Gasteiger partial charge is 0.330 e. The SMILES string of the molecule is [N-]=[N+]=NC[C@H]1O[C@@H](n2ccc(=O)[nH]c2=O)[C@H]2O[C@H]21. The standard InChI is InChI=1S/C9H9N5O4/c10-13-11-3-4-6-7(18-6)8(17-4)14-2-1-5(15)12-9(14)16/h1-2,4,6-8H,3H2,(H,12,15,16)/t4-,6+,7+,8-/m1/s1. The van der Waals surface area contributed by atoms with E-state index >= 15 is 0 Å². The van der Waals surface area contributed by atoms with Crippen LogP contribution in [0.2, 0.25) is 0 Å². The Kier molecular flexibility index (Phi) is 2.44. The quantitative estimate of drug-likeness (QED) is 0.336. The molecule has 4 atom stereocenters. The molecule has 0 radical (unpaired) electrons. The molecule has 0 amide bonds. The summed E-state index contributed by atoms with van der Waals surface area (Å²) in [5, 5.41) is 3.43. The van der Waals surface area contributed by atoms with Gasteiger partial charge in [0.05, 0.1) is 12.6 Å². The Morgan fingerprint density at radius 2 is 2.28 bits per heavy atom. The summed E-state index contributed by atoms with van der Waals surface area (Å²) in [6.07, 6.45) is 0.0420. The number of aromatic nitrogens is 2. The Labute approximate surface area is 99.6 Å². The fraction of sp³-hybridized carbons (Fsp3) is 0.556.